The summed E-state index contributed by atoms with van der Waals surface area (Å²) in [6.07, 6.45) is 4.14. The lowest BCUT2D eigenvalue weighted by Gasteiger charge is -2.21. The summed E-state index contributed by atoms with van der Waals surface area (Å²) in [6, 6.07) is 10.0. The summed E-state index contributed by atoms with van der Waals surface area (Å²) in [5.74, 6) is 2.11. The number of benzene rings is 1. The minimum atomic E-state index is -0.384. The Labute approximate surface area is 124 Å². The highest BCUT2D eigenvalue weighted by Crippen LogP contribution is 2.47. The van der Waals surface area contributed by atoms with Crippen molar-refractivity contribution in [3.63, 3.8) is 0 Å². The average molecular weight is 294 g/mol. The normalized spacial score (nSPS) is 20.5. The number of nitrogens with one attached hydrogen (secondary N) is 1. The Bertz CT molecular complexity index is 427. The molecule has 20 heavy (non-hydrogen) atoms. The Morgan fingerprint density at radius 3 is 2.85 bits per heavy atom. The number of carbonyl (C=O) groups is 1. The van der Waals surface area contributed by atoms with Gasteiger partial charge in [0, 0.05) is 13.1 Å². The third-order valence-electron chi connectivity index (χ3n) is 3.76. The molecule has 1 fully saturated rings. The molecule has 1 aromatic carbocycles. The van der Waals surface area contributed by atoms with Gasteiger partial charge in [0.25, 0.3) is 0 Å². The molecule has 2 amide bonds. The van der Waals surface area contributed by atoms with Crippen molar-refractivity contribution < 1.29 is 10.0 Å². The molecule has 0 bridgehead atoms. The van der Waals surface area contributed by atoms with Crippen molar-refractivity contribution >= 4 is 17.8 Å². The number of amides is 2. The van der Waals surface area contributed by atoms with E-state index in [-0.39, 0.29) is 6.03 Å². The van der Waals surface area contributed by atoms with Gasteiger partial charge in [0.15, 0.2) is 0 Å². The zero-order valence-corrected chi connectivity index (χ0v) is 12.6. The van der Waals surface area contributed by atoms with Crippen molar-refractivity contribution in [3.8, 4) is 0 Å². The molecule has 1 saturated carbocycles. The molecule has 1 aliphatic rings. The summed E-state index contributed by atoms with van der Waals surface area (Å²) in [5.41, 5.74) is 3.11. The molecular formula is C15H22N2O2S. The van der Waals surface area contributed by atoms with Crippen molar-refractivity contribution in [2.24, 2.45) is 5.92 Å². The maximum Gasteiger partial charge on any atom is 0.341 e. The molecule has 4 nitrogen and oxygen atoms in total. The van der Waals surface area contributed by atoms with Crippen molar-refractivity contribution in [2.45, 2.75) is 18.8 Å². The number of thioether (sulfide) groups is 1. The van der Waals surface area contributed by atoms with Crippen molar-refractivity contribution in [1.82, 2.24) is 10.4 Å². The molecule has 0 radical (unpaired) electrons. The topological polar surface area (TPSA) is 52.6 Å². The van der Waals surface area contributed by atoms with Crippen LogP contribution in [0.15, 0.2) is 30.3 Å². The maximum absolute atomic E-state index is 11.7. The number of rotatable bonds is 7. The van der Waals surface area contributed by atoms with Crippen LogP contribution in [0, 0.1) is 5.92 Å². The lowest BCUT2D eigenvalue weighted by Crippen LogP contribution is -2.40. The van der Waals surface area contributed by atoms with E-state index in [2.05, 4.69) is 30.5 Å². The Hall–Kier alpha value is -1.20. The molecule has 1 aromatic rings. The first-order valence-corrected chi connectivity index (χ1v) is 8.38. The number of nitrogens with zero attached hydrogens (tertiary/aromatic N) is 1. The average Bonchev–Trinajstić information content (AvgIpc) is 3.26. The Balaban J connectivity index is 1.85. The summed E-state index contributed by atoms with van der Waals surface area (Å²) in [5, 5.41) is 8.83. The number of hydrogen-bond acceptors (Lipinski definition) is 3. The molecule has 0 aliphatic heterocycles. The van der Waals surface area contributed by atoms with Gasteiger partial charge < -0.3 is 4.90 Å². The van der Waals surface area contributed by atoms with Crippen LogP contribution in [-0.2, 0) is 0 Å². The molecule has 0 saturated heterocycles. The minimum Gasteiger partial charge on any atom is -0.323 e. The quantitative estimate of drug-likeness (QED) is 0.462. The van der Waals surface area contributed by atoms with Crippen molar-refractivity contribution in [2.75, 3.05) is 25.1 Å². The van der Waals surface area contributed by atoms with Gasteiger partial charge in [-0.15, -0.1) is 0 Å². The summed E-state index contributed by atoms with van der Waals surface area (Å²) in [4.78, 5) is 13.4. The minimum absolute atomic E-state index is 0.384. The van der Waals surface area contributed by atoms with E-state index in [9.17, 15) is 4.79 Å². The molecule has 0 spiro atoms. The molecule has 0 heterocycles. The lowest BCUT2D eigenvalue weighted by molar-refractivity contribution is 0.127. The van der Waals surface area contributed by atoms with Gasteiger partial charge in [0.1, 0.15) is 0 Å². The molecule has 2 atom stereocenters. The lowest BCUT2D eigenvalue weighted by atomic mass is 10.1. The van der Waals surface area contributed by atoms with Gasteiger partial charge in [-0.2, -0.15) is 11.8 Å². The van der Waals surface area contributed by atoms with Crippen molar-refractivity contribution in [3.05, 3.63) is 35.9 Å². The number of carbonyl (C=O) groups excluding carboxylic acids is 1. The van der Waals surface area contributed by atoms with E-state index < -0.39 is 0 Å². The highest BCUT2D eigenvalue weighted by atomic mass is 32.2. The molecule has 0 aromatic heterocycles. The van der Waals surface area contributed by atoms with Gasteiger partial charge in [-0.25, -0.2) is 10.3 Å². The first-order valence-electron chi connectivity index (χ1n) is 6.99. The monoisotopic (exact) mass is 294 g/mol. The Kier molecular flexibility index (Phi) is 5.73. The number of hydrogen-bond donors (Lipinski definition) is 2. The smallest absolute Gasteiger partial charge is 0.323 e. The number of hydroxylamine groups is 1. The second-order valence-corrected chi connectivity index (χ2v) is 6.21. The fraction of sp³-hybridized carbons (Fsp3) is 0.533. The fourth-order valence-corrected chi connectivity index (χ4v) is 3.00. The summed E-state index contributed by atoms with van der Waals surface area (Å²) >= 11 is 1.77. The van der Waals surface area contributed by atoms with Crippen LogP contribution in [0.4, 0.5) is 4.79 Å². The zero-order chi connectivity index (χ0) is 14.4. The molecular weight excluding hydrogens is 272 g/mol. The first-order chi connectivity index (χ1) is 9.76. The Morgan fingerprint density at radius 1 is 1.45 bits per heavy atom. The van der Waals surface area contributed by atoms with Crippen LogP contribution >= 0.6 is 11.8 Å². The van der Waals surface area contributed by atoms with Gasteiger partial charge >= 0.3 is 6.03 Å². The molecule has 2 rings (SSSR count). The van der Waals surface area contributed by atoms with Gasteiger partial charge in [-0.05, 0) is 42.2 Å². The van der Waals surface area contributed by atoms with E-state index in [0.29, 0.717) is 18.4 Å². The highest BCUT2D eigenvalue weighted by Gasteiger charge is 2.39. The predicted octanol–water partition coefficient (Wildman–Crippen LogP) is 2.94. The van der Waals surface area contributed by atoms with Crippen LogP contribution in [0.25, 0.3) is 0 Å². The third-order valence-corrected chi connectivity index (χ3v) is 4.46. The maximum atomic E-state index is 11.7. The first kappa shape index (κ1) is 15.2. The standard InChI is InChI=1S/C15H22N2O2S/c1-20-9-5-8-17(15(18)16-19)11-13-10-14(13)12-6-3-2-4-7-12/h2-4,6-7,13-14,19H,5,8-11H2,1H3,(H,16,18)/t13-,14-/m0/s1. The Morgan fingerprint density at radius 2 is 2.20 bits per heavy atom. The summed E-state index contributed by atoms with van der Waals surface area (Å²) in [7, 11) is 0. The van der Waals surface area contributed by atoms with Crippen LogP contribution in [0.1, 0.15) is 24.3 Å². The van der Waals surface area contributed by atoms with Crippen LogP contribution in [0.3, 0.4) is 0 Å². The van der Waals surface area contributed by atoms with Gasteiger partial charge in [-0.1, -0.05) is 30.3 Å². The second-order valence-electron chi connectivity index (χ2n) is 5.22. The summed E-state index contributed by atoms with van der Waals surface area (Å²) in [6.45, 7) is 1.42. The van der Waals surface area contributed by atoms with E-state index in [1.165, 1.54) is 5.56 Å². The SMILES string of the molecule is CSCCCN(C[C@@H]1C[C@H]1c1ccccc1)C(=O)NO. The zero-order valence-electron chi connectivity index (χ0n) is 11.8. The molecule has 0 unspecified atom stereocenters. The van der Waals surface area contributed by atoms with Gasteiger partial charge in [0.05, 0.1) is 0 Å². The van der Waals surface area contributed by atoms with E-state index in [1.54, 1.807) is 22.1 Å². The molecule has 5 heteroatoms. The van der Waals surface area contributed by atoms with Crippen molar-refractivity contribution in [1.29, 1.82) is 0 Å². The fourth-order valence-electron chi connectivity index (χ4n) is 2.59. The molecule has 1 aliphatic carbocycles. The van der Waals surface area contributed by atoms with Crippen LogP contribution in [0.5, 0.6) is 0 Å². The predicted molar refractivity (Wildman–Crippen MR) is 82.2 cm³/mol. The third kappa shape index (κ3) is 4.15. The van der Waals surface area contributed by atoms with Gasteiger partial charge in [-0.3, -0.25) is 5.21 Å². The van der Waals surface area contributed by atoms with Crippen LogP contribution in [0.2, 0.25) is 0 Å². The van der Waals surface area contributed by atoms with E-state index in [4.69, 9.17) is 5.21 Å². The van der Waals surface area contributed by atoms with E-state index >= 15 is 0 Å². The highest BCUT2D eigenvalue weighted by molar-refractivity contribution is 7.98. The second kappa shape index (κ2) is 7.55. The van der Waals surface area contributed by atoms with E-state index in [1.807, 2.05) is 6.07 Å². The molecule has 2 N–H and O–H groups in total. The molecule has 110 valence electrons. The van der Waals surface area contributed by atoms with Crippen LogP contribution < -0.4 is 5.48 Å². The van der Waals surface area contributed by atoms with E-state index in [0.717, 1.165) is 25.1 Å². The van der Waals surface area contributed by atoms with Crippen LogP contribution in [-0.4, -0.2) is 41.2 Å². The largest absolute Gasteiger partial charge is 0.341 e. The number of urea groups is 1. The van der Waals surface area contributed by atoms with Gasteiger partial charge in [0.2, 0.25) is 0 Å². The summed E-state index contributed by atoms with van der Waals surface area (Å²) < 4.78 is 0.